The van der Waals surface area contributed by atoms with Crippen molar-refractivity contribution in [1.82, 2.24) is 5.32 Å². The van der Waals surface area contributed by atoms with E-state index in [1.165, 1.54) is 21.7 Å². The van der Waals surface area contributed by atoms with Crippen LogP contribution in [-0.2, 0) is 11.2 Å². The van der Waals surface area contributed by atoms with E-state index < -0.39 is 0 Å². The molecule has 0 bridgehead atoms. The van der Waals surface area contributed by atoms with Gasteiger partial charge in [-0.2, -0.15) is 0 Å². The molecule has 2 aromatic rings. The molecule has 3 heterocycles. The highest BCUT2D eigenvalue weighted by Gasteiger charge is 2.34. The predicted molar refractivity (Wildman–Crippen MR) is 103 cm³/mol. The summed E-state index contributed by atoms with van der Waals surface area (Å²) in [5.41, 5.74) is 3.70. The number of nitrogens with one attached hydrogen (secondary N) is 1. The lowest BCUT2D eigenvalue weighted by atomic mass is 9.84. The second-order valence-corrected chi connectivity index (χ2v) is 8.58. The van der Waals surface area contributed by atoms with Crippen molar-refractivity contribution in [2.45, 2.75) is 20.3 Å². The topological polar surface area (TPSA) is 41.6 Å². The second-order valence-electron chi connectivity index (χ2n) is 7.58. The van der Waals surface area contributed by atoms with Crippen molar-refractivity contribution in [1.29, 1.82) is 0 Å². The van der Waals surface area contributed by atoms with E-state index in [0.29, 0.717) is 6.54 Å². The molecule has 1 N–H and O–H groups in total. The van der Waals surface area contributed by atoms with Crippen molar-refractivity contribution in [3.05, 3.63) is 40.8 Å². The highest BCUT2D eigenvalue weighted by atomic mass is 32.1. The monoisotopic (exact) mass is 356 g/mol. The highest BCUT2D eigenvalue weighted by molar-refractivity contribution is 7.18. The molecule has 132 valence electrons. The van der Waals surface area contributed by atoms with Gasteiger partial charge in [-0.3, -0.25) is 4.79 Å². The van der Waals surface area contributed by atoms with Gasteiger partial charge >= 0.3 is 0 Å². The lowest BCUT2D eigenvalue weighted by Crippen LogP contribution is -2.36. The van der Waals surface area contributed by atoms with Gasteiger partial charge in [-0.1, -0.05) is 44.2 Å². The number of carbonyl (C=O) groups excluding carboxylic acids is 1. The van der Waals surface area contributed by atoms with E-state index in [4.69, 9.17) is 4.74 Å². The maximum atomic E-state index is 12.7. The first-order valence-corrected chi connectivity index (χ1v) is 9.69. The van der Waals surface area contributed by atoms with Crippen LogP contribution < -0.4 is 10.2 Å². The largest absolute Gasteiger partial charge is 0.378 e. The minimum atomic E-state index is 0.0494. The molecule has 5 heteroatoms. The van der Waals surface area contributed by atoms with Crippen molar-refractivity contribution in [3.63, 3.8) is 0 Å². The summed E-state index contributed by atoms with van der Waals surface area (Å²) >= 11 is 1.64. The molecule has 0 spiro atoms. The number of hydrogen-bond acceptors (Lipinski definition) is 4. The van der Waals surface area contributed by atoms with E-state index in [9.17, 15) is 4.79 Å². The van der Waals surface area contributed by atoms with E-state index in [0.717, 1.165) is 37.6 Å². The van der Waals surface area contributed by atoms with Crippen molar-refractivity contribution in [2.24, 2.45) is 5.41 Å². The number of nitrogens with zero attached hydrogens (tertiary/aromatic N) is 1. The van der Waals surface area contributed by atoms with Gasteiger partial charge in [0.25, 0.3) is 5.91 Å². The maximum absolute atomic E-state index is 12.7. The third-order valence-corrected chi connectivity index (χ3v) is 6.23. The zero-order valence-electron chi connectivity index (χ0n) is 14.8. The summed E-state index contributed by atoms with van der Waals surface area (Å²) in [4.78, 5) is 16.0. The Morgan fingerprint density at radius 1 is 1.16 bits per heavy atom. The molecule has 1 amide bonds. The van der Waals surface area contributed by atoms with Crippen molar-refractivity contribution >= 4 is 22.2 Å². The molecule has 0 unspecified atom stereocenters. The zero-order chi connectivity index (χ0) is 17.4. The number of fused-ring (bicyclic) bond motifs is 1. The SMILES string of the molecule is CC1(C)CNC(=O)c2sc(N3CCOCC3)c(-c3ccccc3)c2C1. The molecule has 4 nitrogen and oxygen atoms in total. The van der Waals surface area contributed by atoms with Crippen LogP contribution in [0.15, 0.2) is 30.3 Å². The fraction of sp³-hybridized carbons (Fsp3) is 0.450. The molecule has 1 saturated heterocycles. The number of hydrogen-bond donors (Lipinski definition) is 1. The Labute approximate surface area is 152 Å². The average molecular weight is 356 g/mol. The fourth-order valence-electron chi connectivity index (χ4n) is 3.64. The number of carbonyl (C=O) groups is 1. The molecule has 2 aliphatic rings. The van der Waals surface area contributed by atoms with Crippen molar-refractivity contribution < 1.29 is 9.53 Å². The first kappa shape index (κ1) is 16.6. The highest BCUT2D eigenvalue weighted by Crippen LogP contribution is 2.46. The lowest BCUT2D eigenvalue weighted by Gasteiger charge is -2.29. The molecular weight excluding hydrogens is 332 g/mol. The van der Waals surface area contributed by atoms with E-state index in [1.807, 2.05) is 6.07 Å². The summed E-state index contributed by atoms with van der Waals surface area (Å²) in [6.45, 7) is 8.41. The minimum Gasteiger partial charge on any atom is -0.378 e. The summed E-state index contributed by atoms with van der Waals surface area (Å²) in [6, 6.07) is 10.5. The maximum Gasteiger partial charge on any atom is 0.261 e. The van der Waals surface area contributed by atoms with Gasteiger partial charge in [0.15, 0.2) is 0 Å². The molecule has 0 atom stereocenters. The van der Waals surface area contributed by atoms with Gasteiger partial charge in [-0.15, -0.1) is 11.3 Å². The Balaban J connectivity index is 1.90. The number of amides is 1. The van der Waals surface area contributed by atoms with Crippen LogP contribution in [0.3, 0.4) is 0 Å². The first-order chi connectivity index (χ1) is 12.1. The van der Waals surface area contributed by atoms with Gasteiger partial charge in [-0.25, -0.2) is 0 Å². The van der Waals surface area contributed by atoms with Crippen LogP contribution in [0.25, 0.3) is 11.1 Å². The van der Waals surface area contributed by atoms with E-state index in [1.54, 1.807) is 11.3 Å². The number of anilines is 1. The van der Waals surface area contributed by atoms with E-state index in [-0.39, 0.29) is 11.3 Å². The van der Waals surface area contributed by atoms with E-state index in [2.05, 4.69) is 48.3 Å². The average Bonchev–Trinajstić information content (AvgIpc) is 2.94. The Kier molecular flexibility index (Phi) is 4.29. The first-order valence-electron chi connectivity index (χ1n) is 8.87. The summed E-state index contributed by atoms with van der Waals surface area (Å²) in [5.74, 6) is 0.0715. The van der Waals surface area contributed by atoms with Crippen LogP contribution >= 0.6 is 11.3 Å². The molecule has 2 aliphatic heterocycles. The lowest BCUT2D eigenvalue weighted by molar-refractivity contribution is 0.0948. The molecule has 0 aliphatic carbocycles. The zero-order valence-corrected chi connectivity index (χ0v) is 15.6. The fourth-order valence-corrected chi connectivity index (χ4v) is 4.95. The van der Waals surface area contributed by atoms with Crippen molar-refractivity contribution in [2.75, 3.05) is 37.7 Å². The summed E-state index contributed by atoms with van der Waals surface area (Å²) < 4.78 is 5.53. The van der Waals surface area contributed by atoms with Gasteiger partial charge in [0.2, 0.25) is 0 Å². The Bertz CT molecular complexity index is 776. The molecular formula is C20H24N2O2S. The molecule has 4 rings (SSSR count). The standard InChI is InChI=1S/C20H24N2O2S/c1-20(2)12-15-16(14-6-4-3-5-7-14)19(22-8-10-24-11-9-22)25-17(15)18(23)21-13-20/h3-7H,8-13H2,1-2H3,(H,21,23). The minimum absolute atomic E-state index is 0.0494. The quantitative estimate of drug-likeness (QED) is 0.894. The third kappa shape index (κ3) is 3.18. The number of benzene rings is 1. The third-order valence-electron chi connectivity index (χ3n) is 4.94. The van der Waals surface area contributed by atoms with Crippen LogP contribution in [0.4, 0.5) is 5.00 Å². The smallest absolute Gasteiger partial charge is 0.261 e. The Morgan fingerprint density at radius 2 is 1.88 bits per heavy atom. The number of rotatable bonds is 2. The molecule has 0 saturated carbocycles. The molecule has 1 aromatic carbocycles. The summed E-state index contributed by atoms with van der Waals surface area (Å²) in [6.07, 6.45) is 0.909. The van der Waals surface area contributed by atoms with E-state index >= 15 is 0 Å². The van der Waals surface area contributed by atoms with Gasteiger partial charge in [0.05, 0.1) is 18.1 Å². The van der Waals surface area contributed by atoms with Gasteiger partial charge < -0.3 is 15.0 Å². The number of thiophene rings is 1. The van der Waals surface area contributed by atoms with Gasteiger partial charge in [0, 0.05) is 25.2 Å². The summed E-state index contributed by atoms with van der Waals surface area (Å²) in [7, 11) is 0. The molecule has 25 heavy (non-hydrogen) atoms. The Morgan fingerprint density at radius 3 is 2.60 bits per heavy atom. The Hall–Kier alpha value is -1.85. The summed E-state index contributed by atoms with van der Waals surface area (Å²) in [5, 5.41) is 4.33. The molecule has 0 radical (unpaired) electrons. The van der Waals surface area contributed by atoms with Crippen LogP contribution in [0, 0.1) is 5.41 Å². The van der Waals surface area contributed by atoms with Gasteiger partial charge in [0.1, 0.15) is 5.00 Å². The van der Waals surface area contributed by atoms with Crippen LogP contribution in [0.5, 0.6) is 0 Å². The van der Waals surface area contributed by atoms with Crippen LogP contribution in [0.2, 0.25) is 0 Å². The van der Waals surface area contributed by atoms with Crippen LogP contribution in [0.1, 0.15) is 29.1 Å². The van der Waals surface area contributed by atoms with Crippen molar-refractivity contribution in [3.8, 4) is 11.1 Å². The van der Waals surface area contributed by atoms with Crippen LogP contribution in [-0.4, -0.2) is 38.8 Å². The number of ether oxygens (including phenoxy) is 1. The molecule has 1 aromatic heterocycles. The van der Waals surface area contributed by atoms with Gasteiger partial charge in [-0.05, 0) is 23.0 Å². The molecule has 1 fully saturated rings. The predicted octanol–water partition coefficient (Wildman–Crippen LogP) is 3.56. The number of morpholine rings is 1. The second kappa shape index (κ2) is 6.46. The normalized spacial score (nSPS) is 19.9.